The van der Waals surface area contributed by atoms with Crippen molar-refractivity contribution in [3.8, 4) is 22.8 Å². The van der Waals surface area contributed by atoms with Gasteiger partial charge in [0.05, 0.1) is 30.0 Å². The van der Waals surface area contributed by atoms with Gasteiger partial charge in [0.2, 0.25) is 0 Å². The number of halogens is 5. The molecule has 4 N–H and O–H groups in total. The molecule has 1 aliphatic heterocycles. The first-order chi connectivity index (χ1) is 19.2. The maximum atomic E-state index is 14.4. The molecule has 2 unspecified atom stereocenters. The summed E-state index contributed by atoms with van der Waals surface area (Å²) in [6.45, 7) is 2.15. The number of nitrogens with one attached hydrogen (secondary N) is 1. The van der Waals surface area contributed by atoms with Crippen LogP contribution in [0, 0.1) is 5.82 Å². The number of methoxy groups -OCH3 is 1. The van der Waals surface area contributed by atoms with E-state index in [2.05, 4.69) is 10.3 Å². The van der Waals surface area contributed by atoms with Crippen molar-refractivity contribution in [3.05, 3.63) is 75.7 Å². The number of hydrogen-bond donors (Lipinski definition) is 3. The third kappa shape index (κ3) is 6.72. The largest absolute Gasteiger partial charge is 0.496 e. The smallest absolute Gasteiger partial charge is 0.398 e. The zero-order valence-corrected chi connectivity index (χ0v) is 23.1. The first-order valence-corrected chi connectivity index (χ1v) is 12.8. The van der Waals surface area contributed by atoms with Gasteiger partial charge in [-0.3, -0.25) is 4.79 Å². The highest BCUT2D eigenvalue weighted by atomic mass is 35.5. The van der Waals surface area contributed by atoms with Crippen LogP contribution < -0.4 is 20.5 Å². The number of ether oxygens (including phenoxy) is 3. The molecule has 13 heteroatoms. The van der Waals surface area contributed by atoms with Crippen molar-refractivity contribution in [3.63, 3.8) is 0 Å². The number of rotatable bonds is 9. The number of hydrogen-bond acceptors (Lipinski definition) is 7. The number of alkyl halides is 3. The normalized spacial score (nSPS) is 17.9. The standard InChI is InChI=1S/C28H28ClF4N3O5/c1-14(37)40-12-17-5-4-16(9-23(17)39-3)26(38)35-11-19(28(31,32)33)22-10-18-25(41-13-27(18,2)34)24(36-22)15-6-7-20(29)21(30)8-15/h4-10,14,19,37H,11-13,34H2,1-3H3,(H,35,38)/t14-,19?,27?/m0/s1. The first-order valence-electron chi connectivity index (χ1n) is 12.4. The number of aromatic nitrogens is 1. The number of amides is 1. The van der Waals surface area contributed by atoms with E-state index < -0.39 is 47.9 Å². The number of carbonyl (C=O) groups is 1. The monoisotopic (exact) mass is 597 g/mol. The van der Waals surface area contributed by atoms with Crippen molar-refractivity contribution in [1.29, 1.82) is 0 Å². The molecule has 4 rings (SSSR count). The Morgan fingerprint density at radius 2 is 2.00 bits per heavy atom. The Morgan fingerprint density at radius 3 is 2.63 bits per heavy atom. The molecule has 2 heterocycles. The van der Waals surface area contributed by atoms with E-state index in [1.807, 2.05) is 0 Å². The number of benzene rings is 2. The highest BCUT2D eigenvalue weighted by Crippen LogP contribution is 2.45. The summed E-state index contributed by atoms with van der Waals surface area (Å²) < 4.78 is 73.5. The Kier molecular flexibility index (Phi) is 8.78. The fourth-order valence-electron chi connectivity index (χ4n) is 4.34. The Morgan fingerprint density at radius 1 is 1.27 bits per heavy atom. The number of pyridine rings is 1. The van der Waals surface area contributed by atoms with Gasteiger partial charge in [-0.2, -0.15) is 13.2 Å². The highest BCUT2D eigenvalue weighted by molar-refractivity contribution is 6.30. The molecule has 3 aromatic rings. The Balaban J connectivity index is 1.66. The SMILES string of the molecule is COc1cc(C(=O)NCC(c2cc3c(c(-c4ccc(Cl)c(F)c4)n2)OCC3(C)N)C(F)(F)F)ccc1CO[C@@H](C)O. The minimum Gasteiger partial charge on any atom is -0.496 e. The van der Waals surface area contributed by atoms with Crippen LogP contribution in [-0.4, -0.2) is 48.7 Å². The fourth-order valence-corrected chi connectivity index (χ4v) is 4.46. The van der Waals surface area contributed by atoms with Crippen LogP contribution in [0.1, 0.15) is 46.9 Å². The molecule has 3 atom stereocenters. The third-order valence-corrected chi connectivity index (χ3v) is 6.87. The molecule has 1 aliphatic rings. The summed E-state index contributed by atoms with van der Waals surface area (Å²) in [5, 5.41) is 11.5. The minimum atomic E-state index is -4.82. The average Bonchev–Trinajstić information content (AvgIpc) is 3.21. The van der Waals surface area contributed by atoms with Crippen LogP contribution in [-0.2, 0) is 16.9 Å². The summed E-state index contributed by atoms with van der Waals surface area (Å²) >= 11 is 5.79. The zero-order valence-electron chi connectivity index (χ0n) is 22.3. The van der Waals surface area contributed by atoms with E-state index in [4.69, 9.17) is 31.5 Å². The summed E-state index contributed by atoms with van der Waals surface area (Å²) in [5.41, 5.74) is 5.72. The van der Waals surface area contributed by atoms with Crippen LogP contribution in [0.4, 0.5) is 17.6 Å². The second-order valence-electron chi connectivity index (χ2n) is 9.85. The summed E-state index contributed by atoms with van der Waals surface area (Å²) in [7, 11) is 1.36. The number of carbonyl (C=O) groups excluding carboxylic acids is 1. The van der Waals surface area contributed by atoms with Gasteiger partial charge in [0.25, 0.3) is 5.91 Å². The lowest BCUT2D eigenvalue weighted by Gasteiger charge is -2.23. The number of aliphatic hydroxyl groups is 1. The van der Waals surface area contributed by atoms with E-state index in [1.54, 1.807) is 6.92 Å². The fraction of sp³-hybridized carbons (Fsp3) is 0.357. The van der Waals surface area contributed by atoms with Gasteiger partial charge in [0.15, 0.2) is 12.0 Å². The van der Waals surface area contributed by atoms with Gasteiger partial charge >= 0.3 is 6.18 Å². The first kappa shape index (κ1) is 30.5. The zero-order chi connectivity index (χ0) is 30.1. The predicted molar refractivity (Wildman–Crippen MR) is 142 cm³/mol. The number of aliphatic hydroxyl groups excluding tert-OH is 1. The summed E-state index contributed by atoms with van der Waals surface area (Å²) in [6.07, 6.45) is -5.85. The summed E-state index contributed by atoms with van der Waals surface area (Å²) in [5.74, 6) is -3.39. The van der Waals surface area contributed by atoms with Gasteiger partial charge in [-0.1, -0.05) is 23.7 Å². The van der Waals surface area contributed by atoms with Gasteiger partial charge in [0.1, 0.15) is 29.8 Å². The van der Waals surface area contributed by atoms with E-state index in [1.165, 1.54) is 50.4 Å². The lowest BCUT2D eigenvalue weighted by atomic mass is 9.91. The summed E-state index contributed by atoms with van der Waals surface area (Å²) in [4.78, 5) is 17.1. The van der Waals surface area contributed by atoms with Gasteiger partial charge in [0, 0.05) is 28.8 Å². The van der Waals surface area contributed by atoms with E-state index in [-0.39, 0.29) is 52.1 Å². The van der Waals surface area contributed by atoms with E-state index in [9.17, 15) is 27.5 Å². The van der Waals surface area contributed by atoms with Crippen LogP contribution in [0.15, 0.2) is 42.5 Å². The van der Waals surface area contributed by atoms with Crippen molar-refractivity contribution in [2.75, 3.05) is 20.3 Å². The Hall–Kier alpha value is -3.45. The molecule has 0 aliphatic carbocycles. The third-order valence-electron chi connectivity index (χ3n) is 6.57. The van der Waals surface area contributed by atoms with Gasteiger partial charge in [-0.15, -0.1) is 0 Å². The van der Waals surface area contributed by atoms with Crippen molar-refractivity contribution in [2.45, 2.75) is 44.4 Å². The van der Waals surface area contributed by atoms with E-state index >= 15 is 0 Å². The Labute approximate surface area is 238 Å². The second kappa shape index (κ2) is 11.8. The highest BCUT2D eigenvalue weighted by Gasteiger charge is 2.44. The van der Waals surface area contributed by atoms with E-state index in [0.717, 1.165) is 6.07 Å². The average molecular weight is 598 g/mol. The number of fused-ring (bicyclic) bond motifs is 1. The molecule has 0 saturated carbocycles. The second-order valence-corrected chi connectivity index (χ2v) is 10.3. The maximum Gasteiger partial charge on any atom is 0.398 e. The van der Waals surface area contributed by atoms with Crippen LogP contribution >= 0.6 is 11.6 Å². The molecule has 0 radical (unpaired) electrons. The van der Waals surface area contributed by atoms with E-state index in [0.29, 0.717) is 5.56 Å². The van der Waals surface area contributed by atoms with Gasteiger partial charge in [-0.25, -0.2) is 9.37 Å². The van der Waals surface area contributed by atoms with Crippen LogP contribution in [0.5, 0.6) is 11.5 Å². The van der Waals surface area contributed by atoms with Crippen molar-refractivity contribution >= 4 is 17.5 Å². The molecule has 2 aromatic carbocycles. The quantitative estimate of drug-likeness (QED) is 0.234. The van der Waals surface area contributed by atoms with Gasteiger partial charge < -0.3 is 30.4 Å². The molecule has 1 amide bonds. The minimum absolute atomic E-state index is 0.00743. The molecule has 1 aromatic heterocycles. The number of nitrogens with two attached hydrogens (primary N) is 1. The lowest BCUT2D eigenvalue weighted by molar-refractivity contribution is -0.149. The topological polar surface area (TPSA) is 116 Å². The van der Waals surface area contributed by atoms with Crippen molar-refractivity contribution in [2.24, 2.45) is 5.73 Å². The molecule has 0 bridgehead atoms. The molecule has 41 heavy (non-hydrogen) atoms. The molecule has 0 spiro atoms. The van der Waals surface area contributed by atoms with Crippen LogP contribution in [0.25, 0.3) is 11.3 Å². The number of nitrogens with zero attached hydrogens (tertiary/aromatic N) is 1. The predicted octanol–water partition coefficient (Wildman–Crippen LogP) is 5.05. The summed E-state index contributed by atoms with van der Waals surface area (Å²) in [6, 6.07) is 9.22. The van der Waals surface area contributed by atoms with Gasteiger partial charge in [-0.05, 0) is 44.2 Å². The molecular weight excluding hydrogens is 570 g/mol. The van der Waals surface area contributed by atoms with Crippen LogP contribution in [0.3, 0.4) is 0 Å². The van der Waals surface area contributed by atoms with Crippen molar-refractivity contribution < 1.29 is 41.7 Å². The molecular formula is C28H28ClF4N3O5. The molecule has 8 nitrogen and oxygen atoms in total. The molecule has 220 valence electrons. The molecule has 0 fully saturated rings. The van der Waals surface area contributed by atoms with Crippen molar-refractivity contribution in [1.82, 2.24) is 10.3 Å². The maximum absolute atomic E-state index is 14.4. The van der Waals surface area contributed by atoms with Crippen LogP contribution in [0.2, 0.25) is 5.02 Å². The Bertz CT molecular complexity index is 1450. The molecule has 0 saturated heterocycles. The lowest BCUT2D eigenvalue weighted by Crippen LogP contribution is -2.37.